The van der Waals surface area contributed by atoms with Gasteiger partial charge in [-0.05, 0) is 19.3 Å². The lowest BCUT2D eigenvalue weighted by atomic mass is 9.93. The van der Waals surface area contributed by atoms with Crippen molar-refractivity contribution < 1.29 is 14.8 Å². The Morgan fingerprint density at radius 1 is 0.619 bits per heavy atom. The van der Waals surface area contributed by atoms with Crippen LogP contribution in [0, 0.1) is 30.3 Å². The van der Waals surface area contributed by atoms with Crippen LogP contribution in [0.5, 0.6) is 0 Å². The fourth-order valence-electron chi connectivity index (χ4n) is 2.55. The first-order valence-electron chi connectivity index (χ1n) is 6.45. The third kappa shape index (κ3) is 2.67. The number of nitrogens with zero attached hydrogens (tertiary/aromatic N) is 3. The van der Waals surface area contributed by atoms with Crippen LogP contribution in [0.15, 0.2) is 0 Å². The van der Waals surface area contributed by atoms with Crippen molar-refractivity contribution in [2.75, 3.05) is 0 Å². The van der Waals surface area contributed by atoms with Crippen molar-refractivity contribution in [3.05, 3.63) is 47.0 Å². The molecule has 9 nitrogen and oxygen atoms in total. The van der Waals surface area contributed by atoms with E-state index in [-0.39, 0.29) is 36.0 Å². The van der Waals surface area contributed by atoms with Gasteiger partial charge in [-0.2, -0.15) is 0 Å². The topological polar surface area (TPSA) is 129 Å². The molecule has 0 unspecified atom stereocenters. The standard InChI is InChI=1S/C12H15N3O6/c1-4-7-10(13(16)17)8(5-2)12(15(20)21)9(6-3)11(7)14(18)19/h4-6H2,1-3H3. The van der Waals surface area contributed by atoms with E-state index in [0.29, 0.717) is 0 Å². The van der Waals surface area contributed by atoms with Crippen molar-refractivity contribution >= 4 is 17.1 Å². The van der Waals surface area contributed by atoms with Crippen molar-refractivity contribution in [1.29, 1.82) is 0 Å². The number of nitro groups is 3. The Bertz CT molecular complexity index is 519. The van der Waals surface area contributed by atoms with E-state index >= 15 is 0 Å². The van der Waals surface area contributed by atoms with Crippen molar-refractivity contribution in [2.45, 2.75) is 40.0 Å². The first kappa shape index (κ1) is 16.5. The lowest BCUT2D eigenvalue weighted by Crippen LogP contribution is -2.11. The third-order valence-corrected chi connectivity index (χ3v) is 3.32. The maximum atomic E-state index is 11.3. The normalized spacial score (nSPS) is 10.4. The van der Waals surface area contributed by atoms with E-state index in [1.165, 1.54) is 0 Å². The Balaban J connectivity index is 4.11. The van der Waals surface area contributed by atoms with E-state index in [2.05, 4.69) is 0 Å². The highest BCUT2D eigenvalue weighted by atomic mass is 16.6. The van der Waals surface area contributed by atoms with Crippen molar-refractivity contribution in [2.24, 2.45) is 0 Å². The molecule has 0 aliphatic rings. The van der Waals surface area contributed by atoms with Crippen molar-refractivity contribution in [3.8, 4) is 0 Å². The zero-order valence-corrected chi connectivity index (χ0v) is 11.9. The zero-order valence-electron chi connectivity index (χ0n) is 11.9. The van der Waals surface area contributed by atoms with Gasteiger partial charge in [0.25, 0.3) is 17.1 Å². The van der Waals surface area contributed by atoms with Crippen molar-refractivity contribution in [3.63, 3.8) is 0 Å². The maximum Gasteiger partial charge on any atom is 0.289 e. The van der Waals surface area contributed by atoms with Crippen LogP contribution in [0.4, 0.5) is 17.1 Å². The number of benzene rings is 1. The average Bonchev–Trinajstić information content (AvgIpc) is 2.42. The summed E-state index contributed by atoms with van der Waals surface area (Å²) in [4.78, 5) is 31.5. The zero-order chi connectivity index (χ0) is 16.3. The van der Waals surface area contributed by atoms with E-state index in [0.717, 1.165) is 0 Å². The molecule has 114 valence electrons. The molecular weight excluding hydrogens is 282 g/mol. The van der Waals surface area contributed by atoms with Gasteiger partial charge in [-0.1, -0.05) is 20.8 Å². The quantitative estimate of drug-likeness (QED) is 0.585. The molecule has 0 heterocycles. The average molecular weight is 297 g/mol. The van der Waals surface area contributed by atoms with Crippen LogP contribution >= 0.6 is 0 Å². The van der Waals surface area contributed by atoms with E-state index < -0.39 is 31.8 Å². The first-order chi connectivity index (χ1) is 9.81. The highest BCUT2D eigenvalue weighted by Crippen LogP contribution is 2.43. The molecule has 0 N–H and O–H groups in total. The fraction of sp³-hybridized carbons (Fsp3) is 0.500. The Kier molecular flexibility index (Phi) is 4.90. The highest BCUT2D eigenvalue weighted by Gasteiger charge is 2.39. The maximum absolute atomic E-state index is 11.3. The molecule has 0 spiro atoms. The molecule has 0 aliphatic carbocycles. The van der Waals surface area contributed by atoms with Gasteiger partial charge in [0.2, 0.25) is 0 Å². The summed E-state index contributed by atoms with van der Waals surface area (Å²) in [6.07, 6.45) is 0.180. The summed E-state index contributed by atoms with van der Waals surface area (Å²) in [7, 11) is 0. The lowest BCUT2D eigenvalue weighted by molar-refractivity contribution is -0.406. The molecule has 0 amide bonds. The predicted octanol–water partition coefficient (Wildman–Crippen LogP) is 3.10. The molecule has 0 atom stereocenters. The van der Waals surface area contributed by atoms with E-state index in [4.69, 9.17) is 0 Å². The predicted molar refractivity (Wildman–Crippen MR) is 74.5 cm³/mol. The van der Waals surface area contributed by atoms with Crippen molar-refractivity contribution in [1.82, 2.24) is 0 Å². The van der Waals surface area contributed by atoms with Crippen LogP contribution in [-0.4, -0.2) is 14.8 Å². The third-order valence-electron chi connectivity index (χ3n) is 3.32. The number of nitro benzene ring substituents is 3. The van der Waals surface area contributed by atoms with Gasteiger partial charge < -0.3 is 0 Å². The van der Waals surface area contributed by atoms with Gasteiger partial charge in [-0.15, -0.1) is 0 Å². The van der Waals surface area contributed by atoms with Gasteiger partial charge in [-0.3, -0.25) is 30.3 Å². The minimum absolute atomic E-state index is 0.0516. The van der Waals surface area contributed by atoms with Crippen LogP contribution in [0.3, 0.4) is 0 Å². The SMILES string of the molecule is CCc1c([N+](=O)[O-])c(CC)c([N+](=O)[O-])c(CC)c1[N+](=O)[O-]. The molecule has 1 aromatic carbocycles. The lowest BCUT2D eigenvalue weighted by Gasteiger charge is -2.11. The largest absolute Gasteiger partial charge is 0.289 e. The van der Waals surface area contributed by atoms with Gasteiger partial charge >= 0.3 is 0 Å². The smallest absolute Gasteiger partial charge is 0.258 e. The second kappa shape index (κ2) is 6.25. The number of hydrogen-bond donors (Lipinski definition) is 0. The molecule has 21 heavy (non-hydrogen) atoms. The highest BCUT2D eigenvalue weighted by molar-refractivity contribution is 5.72. The molecule has 0 bridgehead atoms. The summed E-state index contributed by atoms with van der Waals surface area (Å²) >= 11 is 0. The molecule has 0 saturated heterocycles. The summed E-state index contributed by atoms with van der Waals surface area (Å²) in [6, 6.07) is 0. The molecule has 1 rings (SSSR count). The number of rotatable bonds is 6. The molecule has 0 fully saturated rings. The minimum atomic E-state index is -0.767. The Morgan fingerprint density at radius 3 is 0.905 bits per heavy atom. The van der Waals surface area contributed by atoms with E-state index in [9.17, 15) is 30.3 Å². The molecule has 0 saturated carbocycles. The van der Waals surface area contributed by atoms with Gasteiger partial charge in [0.05, 0.1) is 14.8 Å². The Labute approximate surface area is 120 Å². The van der Waals surface area contributed by atoms with E-state index in [1.807, 2.05) is 0 Å². The van der Waals surface area contributed by atoms with Gasteiger partial charge in [0, 0.05) is 0 Å². The molecular formula is C12H15N3O6. The number of hydrogen-bond acceptors (Lipinski definition) is 6. The van der Waals surface area contributed by atoms with Crippen LogP contribution in [0.25, 0.3) is 0 Å². The minimum Gasteiger partial charge on any atom is -0.258 e. The second-order valence-electron chi connectivity index (χ2n) is 4.31. The van der Waals surface area contributed by atoms with Gasteiger partial charge in [0.15, 0.2) is 0 Å². The summed E-state index contributed by atoms with van der Waals surface area (Å²) in [5.41, 5.74) is -1.67. The van der Waals surface area contributed by atoms with Crippen LogP contribution < -0.4 is 0 Å². The molecule has 0 aromatic heterocycles. The fourth-order valence-corrected chi connectivity index (χ4v) is 2.55. The summed E-state index contributed by atoms with van der Waals surface area (Å²) in [5, 5.41) is 33.8. The molecule has 9 heteroatoms. The Hall–Kier alpha value is -2.58. The Morgan fingerprint density at radius 2 is 0.810 bits per heavy atom. The molecule has 0 radical (unpaired) electrons. The summed E-state index contributed by atoms with van der Waals surface area (Å²) in [6.45, 7) is 4.67. The van der Waals surface area contributed by atoms with Crippen LogP contribution in [0.2, 0.25) is 0 Å². The molecule has 1 aromatic rings. The molecule has 0 aliphatic heterocycles. The summed E-state index contributed by atoms with van der Waals surface area (Å²) in [5.74, 6) is 0. The first-order valence-corrected chi connectivity index (χ1v) is 6.45. The summed E-state index contributed by atoms with van der Waals surface area (Å²) < 4.78 is 0. The van der Waals surface area contributed by atoms with Gasteiger partial charge in [0.1, 0.15) is 16.7 Å². The van der Waals surface area contributed by atoms with Crippen LogP contribution in [0.1, 0.15) is 37.5 Å². The van der Waals surface area contributed by atoms with Crippen LogP contribution in [-0.2, 0) is 19.3 Å². The van der Waals surface area contributed by atoms with E-state index in [1.54, 1.807) is 20.8 Å². The van der Waals surface area contributed by atoms with Gasteiger partial charge in [-0.25, -0.2) is 0 Å². The second-order valence-corrected chi connectivity index (χ2v) is 4.31. The monoisotopic (exact) mass is 297 g/mol.